The second kappa shape index (κ2) is 15.9. The topological polar surface area (TPSA) is 74.8 Å². The number of piperidine rings is 1. The molecule has 0 spiro atoms. The summed E-state index contributed by atoms with van der Waals surface area (Å²) in [5, 5.41) is 4.44. The molecule has 0 atom stereocenters. The number of carbonyl (C=O) groups is 2. The zero-order valence-corrected chi connectivity index (χ0v) is 27.3. The number of halogens is 6. The van der Waals surface area contributed by atoms with Crippen molar-refractivity contribution in [2.45, 2.75) is 58.4 Å². The fourth-order valence-corrected chi connectivity index (χ4v) is 5.95. The summed E-state index contributed by atoms with van der Waals surface area (Å²) in [5.41, 5.74) is 3.97. The van der Waals surface area contributed by atoms with Crippen LogP contribution in [0.5, 0.6) is 0 Å². The zero-order chi connectivity index (χ0) is 35.0. The number of pyridine rings is 1. The molecule has 1 amide bonds. The Kier molecular flexibility index (Phi) is 12.8. The number of hydrogen-bond donors (Lipinski definition) is 1. The van der Waals surface area contributed by atoms with Crippen molar-refractivity contribution in [3.8, 4) is 0 Å². The average Bonchev–Trinajstić information content (AvgIpc) is 2.99. The molecular formula is C34H42F6N4O3. The van der Waals surface area contributed by atoms with E-state index >= 15 is 0 Å². The molecule has 1 fully saturated rings. The van der Waals surface area contributed by atoms with Crippen LogP contribution in [0.25, 0.3) is 10.8 Å². The van der Waals surface area contributed by atoms with Crippen LogP contribution in [-0.2, 0) is 33.7 Å². The Balaban J connectivity index is 0.000000256. The fourth-order valence-electron chi connectivity index (χ4n) is 5.95. The summed E-state index contributed by atoms with van der Waals surface area (Å²) >= 11 is 0. The summed E-state index contributed by atoms with van der Waals surface area (Å²) in [6.45, 7) is 2.27. The Bertz CT molecular complexity index is 1520. The molecule has 0 radical (unpaired) electrons. The number of hydrogen-bond acceptors (Lipinski definition) is 6. The number of nitrogens with one attached hydrogen (secondary N) is 1. The van der Waals surface area contributed by atoms with Crippen LogP contribution in [0.4, 0.5) is 26.3 Å². The number of aryl methyl sites for hydroxylation is 1. The van der Waals surface area contributed by atoms with Crippen molar-refractivity contribution < 1.29 is 40.7 Å². The van der Waals surface area contributed by atoms with Crippen LogP contribution in [0.3, 0.4) is 0 Å². The number of alkyl halides is 6. The van der Waals surface area contributed by atoms with Gasteiger partial charge in [0.2, 0.25) is 5.91 Å². The van der Waals surface area contributed by atoms with Gasteiger partial charge in [0.15, 0.2) is 0 Å². The van der Waals surface area contributed by atoms with E-state index in [-0.39, 0.29) is 0 Å². The highest BCUT2D eigenvalue weighted by Crippen LogP contribution is 2.46. The number of carbonyl (C=O) groups excluding carboxylic acids is 2. The highest BCUT2D eigenvalue weighted by molar-refractivity contribution is 5.88. The van der Waals surface area contributed by atoms with Crippen LogP contribution in [0.15, 0.2) is 48.7 Å². The Morgan fingerprint density at radius 1 is 0.979 bits per heavy atom. The molecule has 1 N–H and O–H groups in total. The van der Waals surface area contributed by atoms with E-state index in [2.05, 4.69) is 80.0 Å². The molecule has 2 aromatic carbocycles. The lowest BCUT2D eigenvalue weighted by Crippen LogP contribution is -2.57. The molecule has 7 nitrogen and oxygen atoms in total. The molecule has 1 aliphatic rings. The quantitative estimate of drug-likeness (QED) is 0.215. The van der Waals surface area contributed by atoms with Crippen molar-refractivity contribution in [1.29, 1.82) is 0 Å². The highest BCUT2D eigenvalue weighted by Gasteiger charge is 2.61. The summed E-state index contributed by atoms with van der Waals surface area (Å²) < 4.78 is 80.9. The number of amides is 1. The molecular weight excluding hydrogens is 626 g/mol. The second-order valence-electron chi connectivity index (χ2n) is 12.0. The van der Waals surface area contributed by atoms with Crippen molar-refractivity contribution in [2.24, 2.45) is 5.41 Å². The Hall–Kier alpha value is -3.71. The number of nitrogens with zero attached hydrogens (tertiary/aromatic N) is 3. The van der Waals surface area contributed by atoms with Crippen LogP contribution in [0.2, 0.25) is 0 Å². The van der Waals surface area contributed by atoms with Gasteiger partial charge in [-0.2, -0.15) is 26.3 Å². The van der Waals surface area contributed by atoms with Gasteiger partial charge >= 0.3 is 18.3 Å². The third kappa shape index (κ3) is 9.90. The SMILES string of the molecule is CCc1c(C)cccc1Cc1nccc2c(CN(C)C)cccc12.COC(=O)CNC(=O)C1(C(F)(F)F)CCN(CC(F)(F)F)CC1. The van der Waals surface area contributed by atoms with Crippen LogP contribution in [0.1, 0.15) is 47.7 Å². The molecule has 13 heteroatoms. The van der Waals surface area contributed by atoms with Crippen molar-refractivity contribution in [3.05, 3.63) is 76.6 Å². The van der Waals surface area contributed by atoms with E-state index in [1.807, 2.05) is 11.5 Å². The van der Waals surface area contributed by atoms with Crippen LogP contribution in [0, 0.1) is 12.3 Å². The van der Waals surface area contributed by atoms with Crippen LogP contribution in [-0.4, -0.2) is 86.4 Å². The molecule has 4 rings (SSSR count). The predicted molar refractivity (Wildman–Crippen MR) is 168 cm³/mol. The van der Waals surface area contributed by atoms with E-state index in [9.17, 15) is 35.9 Å². The molecule has 3 aromatic rings. The van der Waals surface area contributed by atoms with Crippen molar-refractivity contribution in [2.75, 3.05) is 47.4 Å². The smallest absolute Gasteiger partial charge is 0.403 e. The lowest BCUT2D eigenvalue weighted by molar-refractivity contribution is -0.236. The normalized spacial score (nSPS) is 15.2. The monoisotopic (exact) mass is 668 g/mol. The predicted octanol–water partition coefficient (Wildman–Crippen LogP) is 6.24. The molecule has 47 heavy (non-hydrogen) atoms. The van der Waals surface area contributed by atoms with Gasteiger partial charge in [-0.15, -0.1) is 0 Å². The van der Waals surface area contributed by atoms with Gasteiger partial charge in [0.05, 0.1) is 19.3 Å². The molecule has 0 aliphatic carbocycles. The number of methoxy groups -OCH3 is 1. The molecule has 1 aliphatic heterocycles. The minimum Gasteiger partial charge on any atom is -0.468 e. The third-order valence-electron chi connectivity index (χ3n) is 8.39. The molecule has 2 heterocycles. The van der Waals surface area contributed by atoms with E-state index in [0.717, 1.165) is 31.4 Å². The summed E-state index contributed by atoms with van der Waals surface area (Å²) in [5.74, 6) is -2.35. The van der Waals surface area contributed by atoms with Gasteiger partial charge in [-0.25, -0.2) is 0 Å². The second-order valence-corrected chi connectivity index (χ2v) is 12.0. The third-order valence-corrected chi connectivity index (χ3v) is 8.39. The maximum absolute atomic E-state index is 13.3. The molecule has 0 bridgehead atoms. The van der Waals surface area contributed by atoms with Crippen molar-refractivity contribution in [3.63, 3.8) is 0 Å². The lowest BCUT2D eigenvalue weighted by atomic mass is 9.76. The number of likely N-dealkylation sites (tertiary alicyclic amines) is 1. The van der Waals surface area contributed by atoms with E-state index in [1.165, 1.54) is 38.7 Å². The first kappa shape index (κ1) is 37.7. The number of ether oxygens (including phenoxy) is 1. The van der Waals surface area contributed by atoms with E-state index in [4.69, 9.17) is 4.98 Å². The van der Waals surface area contributed by atoms with Gasteiger partial charge < -0.3 is 15.0 Å². The molecule has 0 saturated carbocycles. The number of fused-ring (bicyclic) bond motifs is 1. The van der Waals surface area contributed by atoms with Crippen LogP contribution >= 0.6 is 0 Å². The molecule has 1 saturated heterocycles. The van der Waals surface area contributed by atoms with Gasteiger partial charge in [-0.3, -0.25) is 19.5 Å². The van der Waals surface area contributed by atoms with E-state index in [1.54, 1.807) is 0 Å². The molecule has 0 unspecified atom stereocenters. The Labute approximate surface area is 271 Å². The molecule has 258 valence electrons. The van der Waals surface area contributed by atoms with Gasteiger partial charge in [0.25, 0.3) is 0 Å². The average molecular weight is 669 g/mol. The summed E-state index contributed by atoms with van der Waals surface area (Å²) in [4.78, 5) is 30.6. The maximum atomic E-state index is 13.3. The van der Waals surface area contributed by atoms with Crippen LogP contribution < -0.4 is 5.32 Å². The minimum atomic E-state index is -4.93. The fraction of sp³-hybridized carbons (Fsp3) is 0.500. The first-order valence-electron chi connectivity index (χ1n) is 15.3. The summed E-state index contributed by atoms with van der Waals surface area (Å²) in [6, 6.07) is 15.3. The first-order chi connectivity index (χ1) is 22.0. The van der Waals surface area contributed by atoms with E-state index < -0.39 is 68.7 Å². The Morgan fingerprint density at radius 3 is 2.19 bits per heavy atom. The summed E-state index contributed by atoms with van der Waals surface area (Å²) in [6.07, 6.45) is -7.15. The number of rotatable bonds is 9. The lowest BCUT2D eigenvalue weighted by Gasteiger charge is -2.41. The highest BCUT2D eigenvalue weighted by atomic mass is 19.4. The number of benzene rings is 2. The largest absolute Gasteiger partial charge is 0.468 e. The number of aromatic nitrogens is 1. The minimum absolute atomic E-state index is 0.523. The van der Waals surface area contributed by atoms with Gasteiger partial charge in [-0.05, 0) is 87.1 Å². The summed E-state index contributed by atoms with van der Waals surface area (Å²) in [7, 11) is 5.23. The van der Waals surface area contributed by atoms with Gasteiger partial charge in [0.1, 0.15) is 12.0 Å². The van der Waals surface area contributed by atoms with Gasteiger partial charge in [0, 0.05) is 24.5 Å². The van der Waals surface area contributed by atoms with Crippen molar-refractivity contribution >= 4 is 22.6 Å². The Morgan fingerprint density at radius 2 is 1.62 bits per heavy atom. The first-order valence-corrected chi connectivity index (χ1v) is 15.3. The van der Waals surface area contributed by atoms with Gasteiger partial charge in [-0.1, -0.05) is 43.3 Å². The number of esters is 1. The zero-order valence-electron chi connectivity index (χ0n) is 27.3. The van der Waals surface area contributed by atoms with E-state index in [0.29, 0.717) is 0 Å². The standard InChI is InChI=1S/C22H26N2.C12H16F6N2O3/c1-5-19-16(2)8-6-9-17(19)14-22-21-11-7-10-18(15-24(3)4)20(21)12-13-23-22;1-23-8(21)6-19-9(22)10(12(16,17)18)2-4-20(5-3-10)7-11(13,14)15/h6-13H,5,14-15H2,1-4H3;2-7H2,1H3,(H,19,22). The van der Waals surface area contributed by atoms with Crippen molar-refractivity contribution in [1.82, 2.24) is 20.1 Å². The maximum Gasteiger partial charge on any atom is 0.403 e. The molecule has 1 aromatic heterocycles.